The van der Waals surface area contributed by atoms with Crippen LogP contribution < -0.4 is 0 Å². The smallest absolute Gasteiger partial charge is 0.166 e. The molecule has 3 aromatic heterocycles. The number of hydrogen-bond acceptors (Lipinski definition) is 4. The molecule has 0 saturated carbocycles. The Morgan fingerprint density at radius 1 is 0.397 bits per heavy atom. The molecular formula is C53H36N4S. The van der Waals surface area contributed by atoms with Crippen LogP contribution in [0.3, 0.4) is 0 Å². The van der Waals surface area contributed by atoms with Gasteiger partial charge in [-0.3, -0.25) is 0 Å². The Kier molecular flexibility index (Phi) is 8.09. The molecule has 0 aliphatic carbocycles. The summed E-state index contributed by atoms with van der Waals surface area (Å²) in [7, 11) is 0. The lowest BCUT2D eigenvalue weighted by Gasteiger charge is -2.17. The minimum Gasteiger partial charge on any atom is -0.309 e. The molecule has 274 valence electrons. The molecule has 0 radical (unpaired) electrons. The van der Waals surface area contributed by atoms with Gasteiger partial charge >= 0.3 is 0 Å². The van der Waals surface area contributed by atoms with Crippen molar-refractivity contribution in [1.82, 2.24) is 19.5 Å². The molecule has 58 heavy (non-hydrogen) atoms. The van der Waals surface area contributed by atoms with E-state index in [2.05, 4.69) is 164 Å². The Hall–Kier alpha value is -7.21. The van der Waals surface area contributed by atoms with Crippen molar-refractivity contribution in [2.24, 2.45) is 0 Å². The summed E-state index contributed by atoms with van der Waals surface area (Å²) in [6, 6.07) is 64.9. The third-order valence-corrected chi connectivity index (χ3v) is 12.5. The van der Waals surface area contributed by atoms with E-state index in [4.69, 9.17) is 15.0 Å². The van der Waals surface area contributed by atoms with Crippen molar-refractivity contribution in [1.29, 1.82) is 0 Å². The quantitative estimate of drug-likeness (QED) is 0.169. The van der Waals surface area contributed by atoms with Gasteiger partial charge in [0, 0.05) is 47.6 Å². The number of aromatic nitrogens is 4. The standard InChI is InChI=1S/C53H36N4S/c1-33-24-27-39(34(2)30-33)37-25-28-47-44(31-37)41-18-9-11-22-46(41)57(47)48-29-26-38(40-20-13-21-43-42-19-10-12-23-49(42)58-50(40)43)32-45(48)53-55-51(35-14-5-3-6-15-35)54-52(56-53)36-16-7-4-8-17-36/h3-32H,1-2H3. The Labute approximate surface area is 340 Å². The van der Waals surface area contributed by atoms with E-state index in [0.717, 1.165) is 39.0 Å². The van der Waals surface area contributed by atoms with Crippen molar-refractivity contribution in [3.63, 3.8) is 0 Å². The maximum Gasteiger partial charge on any atom is 0.166 e. The number of hydrogen-bond donors (Lipinski definition) is 0. The summed E-state index contributed by atoms with van der Waals surface area (Å²) in [6.07, 6.45) is 0. The molecular weight excluding hydrogens is 725 g/mol. The van der Waals surface area contributed by atoms with Gasteiger partial charge in [0.05, 0.1) is 16.7 Å². The lowest BCUT2D eigenvalue weighted by Crippen LogP contribution is -2.04. The molecule has 0 spiro atoms. The second-order valence-electron chi connectivity index (χ2n) is 15.0. The molecule has 0 N–H and O–H groups in total. The molecule has 0 bridgehead atoms. The van der Waals surface area contributed by atoms with Crippen LogP contribution in [0.5, 0.6) is 0 Å². The molecule has 11 rings (SSSR count). The van der Waals surface area contributed by atoms with Gasteiger partial charge in [0.25, 0.3) is 0 Å². The van der Waals surface area contributed by atoms with Crippen molar-refractivity contribution in [2.75, 3.05) is 0 Å². The molecule has 8 aromatic carbocycles. The average molecular weight is 761 g/mol. The van der Waals surface area contributed by atoms with Crippen LogP contribution in [0.25, 0.3) is 104 Å². The zero-order valence-corrected chi connectivity index (χ0v) is 32.8. The summed E-state index contributed by atoms with van der Waals surface area (Å²) in [5, 5.41) is 4.94. The normalized spacial score (nSPS) is 11.6. The Bertz CT molecular complexity index is 3300. The van der Waals surface area contributed by atoms with Crippen LogP contribution in [0.1, 0.15) is 11.1 Å². The average Bonchev–Trinajstić information content (AvgIpc) is 3.82. The number of para-hydroxylation sites is 1. The number of nitrogens with zero attached hydrogens (tertiary/aromatic N) is 4. The molecule has 0 aliphatic rings. The predicted molar refractivity (Wildman–Crippen MR) is 244 cm³/mol. The van der Waals surface area contributed by atoms with Crippen LogP contribution in [0.4, 0.5) is 0 Å². The Balaban J connectivity index is 1.21. The van der Waals surface area contributed by atoms with Gasteiger partial charge in [-0.25, -0.2) is 15.0 Å². The minimum atomic E-state index is 0.617. The molecule has 0 unspecified atom stereocenters. The van der Waals surface area contributed by atoms with E-state index in [1.807, 2.05) is 47.7 Å². The van der Waals surface area contributed by atoms with Crippen molar-refractivity contribution < 1.29 is 0 Å². The molecule has 0 amide bonds. The van der Waals surface area contributed by atoms with Gasteiger partial charge in [-0.1, -0.05) is 151 Å². The van der Waals surface area contributed by atoms with Crippen molar-refractivity contribution >= 4 is 53.3 Å². The molecule has 3 heterocycles. The first-order valence-corrected chi connectivity index (χ1v) is 20.4. The highest BCUT2D eigenvalue weighted by Crippen LogP contribution is 2.43. The maximum absolute atomic E-state index is 5.30. The van der Waals surface area contributed by atoms with E-state index in [-0.39, 0.29) is 0 Å². The third kappa shape index (κ3) is 5.70. The van der Waals surface area contributed by atoms with Crippen LogP contribution in [0.15, 0.2) is 182 Å². The van der Waals surface area contributed by atoms with Crippen LogP contribution in [-0.4, -0.2) is 19.5 Å². The summed E-state index contributed by atoms with van der Waals surface area (Å²) in [5.74, 6) is 1.88. The molecule has 5 heteroatoms. The van der Waals surface area contributed by atoms with Gasteiger partial charge in [0.1, 0.15) is 0 Å². The lowest BCUT2D eigenvalue weighted by molar-refractivity contribution is 1.06. The fraction of sp³-hybridized carbons (Fsp3) is 0.0377. The van der Waals surface area contributed by atoms with E-state index in [1.54, 1.807) is 0 Å². The van der Waals surface area contributed by atoms with Crippen LogP contribution in [0, 0.1) is 13.8 Å². The number of benzene rings is 8. The summed E-state index contributed by atoms with van der Waals surface area (Å²) in [5.41, 5.74) is 13.3. The summed E-state index contributed by atoms with van der Waals surface area (Å²) >= 11 is 1.84. The highest BCUT2D eigenvalue weighted by Gasteiger charge is 2.22. The molecule has 4 nitrogen and oxygen atoms in total. The fourth-order valence-electron chi connectivity index (χ4n) is 8.52. The van der Waals surface area contributed by atoms with Gasteiger partial charge in [-0.05, 0) is 78.1 Å². The van der Waals surface area contributed by atoms with E-state index < -0.39 is 0 Å². The first kappa shape index (κ1) is 34.1. The van der Waals surface area contributed by atoms with Gasteiger partial charge in [0.2, 0.25) is 0 Å². The molecule has 11 aromatic rings. The summed E-state index contributed by atoms with van der Waals surface area (Å²) in [4.78, 5) is 15.7. The van der Waals surface area contributed by atoms with E-state index >= 15 is 0 Å². The Morgan fingerprint density at radius 3 is 1.78 bits per heavy atom. The first-order chi connectivity index (χ1) is 28.6. The summed E-state index contributed by atoms with van der Waals surface area (Å²) < 4.78 is 4.94. The number of fused-ring (bicyclic) bond motifs is 6. The van der Waals surface area contributed by atoms with E-state index in [0.29, 0.717) is 17.5 Å². The maximum atomic E-state index is 5.30. The van der Waals surface area contributed by atoms with E-state index in [9.17, 15) is 0 Å². The molecule has 0 atom stereocenters. The van der Waals surface area contributed by atoms with Crippen LogP contribution in [-0.2, 0) is 0 Å². The van der Waals surface area contributed by atoms with Crippen LogP contribution in [0.2, 0.25) is 0 Å². The largest absolute Gasteiger partial charge is 0.309 e. The van der Waals surface area contributed by atoms with Gasteiger partial charge in [-0.2, -0.15) is 0 Å². The highest BCUT2D eigenvalue weighted by molar-refractivity contribution is 7.26. The summed E-state index contributed by atoms with van der Waals surface area (Å²) in [6.45, 7) is 4.35. The lowest BCUT2D eigenvalue weighted by atomic mass is 9.97. The topological polar surface area (TPSA) is 43.6 Å². The second kappa shape index (κ2) is 13.8. The van der Waals surface area contributed by atoms with Crippen molar-refractivity contribution in [2.45, 2.75) is 13.8 Å². The van der Waals surface area contributed by atoms with Gasteiger partial charge in [-0.15, -0.1) is 11.3 Å². The molecule has 0 aliphatic heterocycles. The Morgan fingerprint density at radius 2 is 1.02 bits per heavy atom. The van der Waals surface area contributed by atoms with Gasteiger partial charge < -0.3 is 4.57 Å². The number of aryl methyl sites for hydroxylation is 2. The van der Waals surface area contributed by atoms with Crippen molar-refractivity contribution in [3.8, 4) is 62.1 Å². The molecule has 0 saturated heterocycles. The fourth-order valence-corrected chi connectivity index (χ4v) is 9.76. The first-order valence-electron chi connectivity index (χ1n) is 19.6. The second-order valence-corrected chi connectivity index (χ2v) is 16.0. The van der Waals surface area contributed by atoms with E-state index in [1.165, 1.54) is 58.8 Å². The van der Waals surface area contributed by atoms with Crippen LogP contribution >= 0.6 is 11.3 Å². The zero-order valence-electron chi connectivity index (χ0n) is 32.0. The zero-order chi connectivity index (χ0) is 38.7. The predicted octanol–water partition coefficient (Wildman–Crippen LogP) is 14.3. The number of thiophene rings is 1. The third-order valence-electron chi connectivity index (χ3n) is 11.3. The SMILES string of the molecule is Cc1ccc(-c2ccc3c(c2)c2ccccc2n3-c2ccc(-c3cccc4c3sc3ccccc34)cc2-c2nc(-c3ccccc3)nc(-c3ccccc3)n2)c(C)c1. The highest BCUT2D eigenvalue weighted by atomic mass is 32.1. The number of rotatable bonds is 6. The van der Waals surface area contributed by atoms with Crippen molar-refractivity contribution in [3.05, 3.63) is 193 Å². The monoisotopic (exact) mass is 760 g/mol. The van der Waals surface area contributed by atoms with Gasteiger partial charge in [0.15, 0.2) is 17.5 Å². The molecule has 0 fully saturated rings. The minimum absolute atomic E-state index is 0.617.